The van der Waals surface area contributed by atoms with Gasteiger partial charge in [0.25, 0.3) is 0 Å². The van der Waals surface area contributed by atoms with Crippen LogP contribution in [0.1, 0.15) is 50.8 Å². The van der Waals surface area contributed by atoms with Crippen LogP contribution in [-0.2, 0) is 15.4 Å². The Morgan fingerprint density at radius 3 is 2.31 bits per heavy atom. The van der Waals surface area contributed by atoms with Gasteiger partial charge in [-0.2, -0.15) is 18.3 Å². The van der Waals surface area contributed by atoms with Crippen molar-refractivity contribution in [3.05, 3.63) is 36.0 Å². The van der Waals surface area contributed by atoms with Gasteiger partial charge in [0.15, 0.2) is 15.7 Å². The molecule has 0 spiro atoms. The number of nitrogens with two attached hydrogens (primary N) is 1. The maximum Gasteiger partial charge on any atom is 0.394 e. The predicted molar refractivity (Wildman–Crippen MR) is 126 cm³/mol. The lowest BCUT2D eigenvalue weighted by molar-refractivity contribution is -0.215. The van der Waals surface area contributed by atoms with Gasteiger partial charge in [-0.25, -0.2) is 8.42 Å². The molecule has 0 amide bonds. The van der Waals surface area contributed by atoms with E-state index in [0.717, 1.165) is 38.4 Å². The first-order chi connectivity index (χ1) is 16.3. The van der Waals surface area contributed by atoms with Gasteiger partial charge >= 0.3 is 6.18 Å². The van der Waals surface area contributed by atoms with Crippen LogP contribution >= 0.6 is 0 Å². The number of nitrogens with zero attached hydrogens (tertiary/aromatic N) is 3. The lowest BCUT2D eigenvalue weighted by Crippen LogP contribution is -2.58. The number of anilines is 2. The van der Waals surface area contributed by atoms with Gasteiger partial charge in [-0.3, -0.25) is 9.58 Å². The lowest BCUT2D eigenvalue weighted by atomic mass is 9.76. The smallest absolute Gasteiger partial charge is 0.374 e. The van der Waals surface area contributed by atoms with Crippen LogP contribution in [0.2, 0.25) is 0 Å². The third-order valence-electron chi connectivity index (χ3n) is 7.53. The standard InChI is InChI=1S/C23H32F3N5O3S/c1-3-22(10-8-17(9-11-22)30-12-15(13-30)23(24,25)26)31-14-19(20(27)32)21(29-31)28-16-4-6-18(7-5-16)35(2,33)34/h4-7,14-15,17,20,32H,3,8-13,27H2,1-2H3,(H,28,29). The van der Waals surface area contributed by atoms with E-state index in [4.69, 9.17) is 10.8 Å². The number of aromatic nitrogens is 2. The highest BCUT2D eigenvalue weighted by Gasteiger charge is 2.50. The quantitative estimate of drug-likeness (QED) is 0.484. The minimum atomic E-state index is -4.12. The van der Waals surface area contributed by atoms with Crippen LogP contribution in [-0.4, -0.2) is 59.8 Å². The highest BCUT2D eigenvalue weighted by Crippen LogP contribution is 2.43. The summed E-state index contributed by atoms with van der Waals surface area (Å²) in [5, 5.41) is 18.0. The molecule has 0 bridgehead atoms. The maximum absolute atomic E-state index is 12.9. The van der Waals surface area contributed by atoms with Crippen molar-refractivity contribution in [2.24, 2.45) is 11.7 Å². The molecule has 1 atom stereocenters. The molecule has 1 aliphatic carbocycles. The lowest BCUT2D eigenvalue weighted by Gasteiger charge is -2.49. The predicted octanol–water partition coefficient (Wildman–Crippen LogP) is 3.52. The fourth-order valence-corrected chi connectivity index (χ4v) is 5.76. The number of nitrogens with one attached hydrogen (secondary N) is 1. The molecule has 4 rings (SSSR count). The molecule has 4 N–H and O–H groups in total. The van der Waals surface area contributed by atoms with Gasteiger partial charge in [0.05, 0.1) is 21.9 Å². The van der Waals surface area contributed by atoms with Crippen molar-refractivity contribution in [1.29, 1.82) is 0 Å². The summed E-state index contributed by atoms with van der Waals surface area (Å²) in [5.74, 6) is -0.849. The number of halogens is 3. The van der Waals surface area contributed by atoms with Crippen LogP contribution in [0.4, 0.5) is 24.7 Å². The average molecular weight is 516 g/mol. The topological polar surface area (TPSA) is 113 Å². The van der Waals surface area contributed by atoms with E-state index in [-0.39, 0.29) is 29.6 Å². The third-order valence-corrected chi connectivity index (χ3v) is 8.65. The number of hydrogen-bond donors (Lipinski definition) is 3. The van der Waals surface area contributed by atoms with E-state index in [1.165, 1.54) is 12.1 Å². The van der Waals surface area contributed by atoms with Gasteiger partial charge in [0, 0.05) is 37.3 Å². The zero-order chi connectivity index (χ0) is 25.6. The number of rotatable bonds is 7. The molecule has 1 saturated heterocycles. The van der Waals surface area contributed by atoms with E-state index in [2.05, 4.69) is 12.2 Å². The van der Waals surface area contributed by atoms with Gasteiger partial charge in [0.1, 0.15) is 6.23 Å². The van der Waals surface area contributed by atoms with E-state index >= 15 is 0 Å². The first-order valence-corrected chi connectivity index (χ1v) is 13.6. The van der Waals surface area contributed by atoms with Crippen molar-refractivity contribution in [3.8, 4) is 0 Å². The maximum atomic E-state index is 12.9. The fourth-order valence-electron chi connectivity index (χ4n) is 5.13. The molecule has 8 nitrogen and oxygen atoms in total. The fraction of sp³-hybridized carbons (Fsp3) is 0.609. The first-order valence-electron chi connectivity index (χ1n) is 11.7. The van der Waals surface area contributed by atoms with Crippen LogP contribution in [0.15, 0.2) is 35.4 Å². The van der Waals surface area contributed by atoms with Crippen LogP contribution in [0.25, 0.3) is 0 Å². The second kappa shape index (κ2) is 9.38. The minimum absolute atomic E-state index is 0.0742. The van der Waals surface area contributed by atoms with Crippen LogP contribution in [0.3, 0.4) is 0 Å². The minimum Gasteiger partial charge on any atom is -0.374 e. The summed E-state index contributed by atoms with van der Waals surface area (Å²) >= 11 is 0. The molecule has 2 aliphatic rings. The van der Waals surface area contributed by atoms with Crippen molar-refractivity contribution in [2.45, 2.75) is 67.9 Å². The number of benzene rings is 1. The number of sulfone groups is 1. The SMILES string of the molecule is CCC1(n2cc(C(N)O)c(Nc3ccc(S(C)(=O)=O)cc3)n2)CCC(N2CC(C(F)(F)F)C2)CC1. The molecule has 194 valence electrons. The zero-order valence-electron chi connectivity index (χ0n) is 19.8. The summed E-state index contributed by atoms with van der Waals surface area (Å²) in [6, 6.07) is 6.34. The average Bonchev–Trinajstić information content (AvgIpc) is 3.17. The Morgan fingerprint density at radius 2 is 1.83 bits per heavy atom. The molecule has 2 heterocycles. The molecule has 35 heavy (non-hydrogen) atoms. The molecule has 1 unspecified atom stereocenters. The zero-order valence-corrected chi connectivity index (χ0v) is 20.6. The van der Waals surface area contributed by atoms with Gasteiger partial charge in [-0.1, -0.05) is 6.92 Å². The van der Waals surface area contributed by atoms with E-state index in [1.54, 1.807) is 18.3 Å². The Labute approximate surface area is 203 Å². The van der Waals surface area contributed by atoms with Crippen molar-refractivity contribution < 1.29 is 26.7 Å². The summed E-state index contributed by atoms with van der Waals surface area (Å²) in [7, 11) is -3.32. The monoisotopic (exact) mass is 515 g/mol. The Bertz CT molecular complexity index is 1130. The molecule has 0 radical (unpaired) electrons. The van der Waals surface area contributed by atoms with Gasteiger partial charge in [0.2, 0.25) is 0 Å². The van der Waals surface area contributed by atoms with Crippen molar-refractivity contribution in [2.75, 3.05) is 24.7 Å². The Hall–Kier alpha value is -2.15. The van der Waals surface area contributed by atoms with E-state index in [9.17, 15) is 26.7 Å². The Kier molecular flexibility index (Phi) is 6.95. The molecule has 1 aromatic carbocycles. The molecule has 1 aliphatic heterocycles. The van der Waals surface area contributed by atoms with Crippen LogP contribution in [0.5, 0.6) is 0 Å². The van der Waals surface area contributed by atoms with E-state index in [1.807, 2.05) is 9.58 Å². The number of alkyl halides is 3. The summed E-state index contributed by atoms with van der Waals surface area (Å²) in [6.45, 7) is 2.20. The normalized spacial score (nSPS) is 25.3. The van der Waals surface area contributed by atoms with Crippen LogP contribution in [0, 0.1) is 5.92 Å². The Morgan fingerprint density at radius 1 is 1.23 bits per heavy atom. The molecular formula is C23H32F3N5O3S. The number of hydrogen-bond acceptors (Lipinski definition) is 7. The first kappa shape index (κ1) is 25.9. The largest absolute Gasteiger partial charge is 0.394 e. The van der Waals surface area contributed by atoms with Crippen molar-refractivity contribution >= 4 is 21.3 Å². The molecule has 12 heteroatoms. The summed E-state index contributed by atoms with van der Waals surface area (Å²) in [6.07, 6.45) is 1.30. The van der Waals surface area contributed by atoms with Crippen molar-refractivity contribution in [3.63, 3.8) is 0 Å². The Balaban J connectivity index is 1.49. The molecule has 1 saturated carbocycles. The second-order valence-corrected chi connectivity index (χ2v) is 11.8. The summed E-state index contributed by atoms with van der Waals surface area (Å²) in [4.78, 5) is 2.13. The van der Waals surface area contributed by atoms with Gasteiger partial charge in [-0.15, -0.1) is 0 Å². The highest BCUT2D eigenvalue weighted by molar-refractivity contribution is 7.90. The van der Waals surface area contributed by atoms with Crippen LogP contribution < -0.4 is 11.1 Å². The highest BCUT2D eigenvalue weighted by atomic mass is 32.2. The van der Waals surface area contributed by atoms with E-state index in [0.29, 0.717) is 17.1 Å². The van der Waals surface area contributed by atoms with E-state index < -0.39 is 28.2 Å². The molecule has 1 aromatic heterocycles. The number of aliphatic hydroxyl groups excluding tert-OH is 1. The summed E-state index contributed by atoms with van der Waals surface area (Å²) < 4.78 is 63.9. The molecule has 2 fully saturated rings. The van der Waals surface area contributed by atoms with Gasteiger partial charge < -0.3 is 16.2 Å². The molecular weight excluding hydrogens is 483 g/mol. The summed E-state index contributed by atoms with van der Waals surface area (Å²) in [5.41, 5.74) is 6.47. The molecule has 2 aromatic rings. The number of likely N-dealkylation sites (tertiary alicyclic amines) is 1. The number of aliphatic hydroxyl groups is 1. The van der Waals surface area contributed by atoms with Gasteiger partial charge in [-0.05, 0) is 56.4 Å². The third kappa shape index (κ3) is 5.35. The second-order valence-electron chi connectivity index (χ2n) is 9.75. The van der Waals surface area contributed by atoms with Crippen molar-refractivity contribution in [1.82, 2.24) is 14.7 Å².